The molecule has 1 N–H and O–H groups in total. The summed E-state index contributed by atoms with van der Waals surface area (Å²) in [5.41, 5.74) is 0.326. The highest BCUT2D eigenvalue weighted by Gasteiger charge is 2.23. The summed E-state index contributed by atoms with van der Waals surface area (Å²) in [6.45, 7) is 5.28. The van der Waals surface area contributed by atoms with Gasteiger partial charge in [-0.2, -0.15) is 0 Å². The minimum absolute atomic E-state index is 0.223. The van der Waals surface area contributed by atoms with E-state index in [-0.39, 0.29) is 24.3 Å². The highest BCUT2D eigenvalue weighted by molar-refractivity contribution is 7.22. The number of amides is 1. The number of aryl methyl sites for hydroxylation is 1. The number of thiazole rings is 1. The van der Waals surface area contributed by atoms with Gasteiger partial charge >= 0.3 is 5.69 Å². The number of carbonyl (C=O) groups is 1. The van der Waals surface area contributed by atoms with Crippen LogP contribution in [-0.2, 0) is 17.9 Å². The van der Waals surface area contributed by atoms with E-state index in [1.54, 1.807) is 13.0 Å². The number of rotatable bonds is 6. The predicted molar refractivity (Wildman–Crippen MR) is 120 cm³/mol. The number of hydrogen-bond donors (Lipinski definition) is 1. The first-order valence-electron chi connectivity index (χ1n) is 10.3. The second-order valence-corrected chi connectivity index (χ2v) is 8.65. The van der Waals surface area contributed by atoms with Gasteiger partial charge in [-0.1, -0.05) is 24.3 Å². The van der Waals surface area contributed by atoms with Crippen molar-refractivity contribution in [1.29, 1.82) is 0 Å². The summed E-state index contributed by atoms with van der Waals surface area (Å²) >= 11 is 1.26. The number of halogens is 1. The molecule has 31 heavy (non-hydrogen) atoms. The Bertz CT molecular complexity index is 1260. The van der Waals surface area contributed by atoms with Crippen LogP contribution in [0.3, 0.4) is 0 Å². The smallest absolute Gasteiger partial charge is 0.333 e. The quantitative estimate of drug-likeness (QED) is 0.630. The van der Waals surface area contributed by atoms with Gasteiger partial charge < -0.3 is 10.2 Å². The van der Waals surface area contributed by atoms with Crippen molar-refractivity contribution < 1.29 is 9.18 Å². The molecule has 1 fully saturated rings. The summed E-state index contributed by atoms with van der Waals surface area (Å²) in [6.07, 6.45) is 2.71. The normalized spacial score (nSPS) is 13.8. The molecule has 0 unspecified atom stereocenters. The van der Waals surface area contributed by atoms with Crippen LogP contribution in [-0.4, -0.2) is 33.1 Å². The van der Waals surface area contributed by atoms with Crippen molar-refractivity contribution in [2.24, 2.45) is 0 Å². The Kier molecular flexibility index (Phi) is 5.90. The lowest BCUT2D eigenvalue weighted by atomic mass is 10.2. The van der Waals surface area contributed by atoms with E-state index in [9.17, 15) is 18.8 Å². The van der Waals surface area contributed by atoms with Gasteiger partial charge in [-0.15, -0.1) is 0 Å². The number of fused-ring (bicyclic) bond motifs is 1. The number of anilines is 2. The van der Waals surface area contributed by atoms with Gasteiger partial charge in [0, 0.05) is 25.3 Å². The highest BCUT2D eigenvalue weighted by atomic mass is 32.1. The van der Waals surface area contributed by atoms with Crippen molar-refractivity contribution in [1.82, 2.24) is 14.1 Å². The zero-order valence-corrected chi connectivity index (χ0v) is 18.3. The van der Waals surface area contributed by atoms with Crippen LogP contribution < -0.4 is 21.5 Å². The maximum atomic E-state index is 13.6. The molecule has 0 saturated carbocycles. The third-order valence-corrected chi connectivity index (χ3v) is 6.45. The average Bonchev–Trinajstić information content (AvgIpc) is 3.41. The zero-order chi connectivity index (χ0) is 22.1. The van der Waals surface area contributed by atoms with Gasteiger partial charge in [-0.05, 0) is 43.9 Å². The van der Waals surface area contributed by atoms with E-state index in [1.807, 2.05) is 6.92 Å². The number of aromatic nitrogens is 3. The first-order chi connectivity index (χ1) is 14.9. The van der Waals surface area contributed by atoms with Crippen molar-refractivity contribution >= 4 is 38.4 Å². The van der Waals surface area contributed by atoms with Crippen LogP contribution in [0.5, 0.6) is 0 Å². The minimum atomic E-state index is -0.566. The molecule has 1 aliphatic heterocycles. The van der Waals surface area contributed by atoms with E-state index in [1.165, 1.54) is 28.0 Å². The summed E-state index contributed by atoms with van der Waals surface area (Å²) < 4.78 is 16.3. The Hall–Kier alpha value is -3.01. The van der Waals surface area contributed by atoms with E-state index in [2.05, 4.69) is 15.2 Å². The minimum Gasteiger partial charge on any atom is -0.348 e. The maximum absolute atomic E-state index is 13.6. The molecule has 2 aromatic heterocycles. The third kappa shape index (κ3) is 4.12. The summed E-state index contributed by atoms with van der Waals surface area (Å²) in [5.74, 6) is -0.957. The van der Waals surface area contributed by atoms with Crippen molar-refractivity contribution in [3.05, 3.63) is 50.4 Å². The Morgan fingerprint density at radius 2 is 1.97 bits per heavy atom. The summed E-state index contributed by atoms with van der Waals surface area (Å²) in [5, 5.41) is 3.35. The lowest BCUT2D eigenvalue weighted by Gasteiger charge is -2.13. The SMILES string of the molecule is CCCn1c(=O)c2sc(N3CCCC3)nc2n(CC(=O)Nc2cc(F)ccc2C)c1=O. The van der Waals surface area contributed by atoms with Gasteiger partial charge in [-0.3, -0.25) is 18.7 Å². The number of hydrogen-bond acceptors (Lipinski definition) is 6. The van der Waals surface area contributed by atoms with E-state index >= 15 is 0 Å². The molecule has 0 radical (unpaired) electrons. The average molecular weight is 446 g/mol. The standard InChI is InChI=1S/C21H24FN5O3S/c1-3-8-26-19(29)17-18(24-20(31-17)25-9-4-5-10-25)27(21(26)30)12-16(28)23-15-11-14(22)7-6-13(15)2/h6-7,11H,3-5,8-10,12H2,1-2H3,(H,23,28). The molecule has 10 heteroatoms. The van der Waals surface area contributed by atoms with Crippen molar-refractivity contribution in [3.63, 3.8) is 0 Å². The first-order valence-corrected chi connectivity index (χ1v) is 11.2. The first kappa shape index (κ1) is 21.2. The molecule has 3 heterocycles. The van der Waals surface area contributed by atoms with Crippen molar-refractivity contribution in [3.8, 4) is 0 Å². The number of benzene rings is 1. The molecule has 8 nitrogen and oxygen atoms in total. The molecular weight excluding hydrogens is 421 g/mol. The van der Waals surface area contributed by atoms with Gasteiger partial charge in [-0.25, -0.2) is 14.2 Å². The molecule has 0 aliphatic carbocycles. The molecule has 1 amide bonds. The Morgan fingerprint density at radius 3 is 2.68 bits per heavy atom. The molecule has 0 atom stereocenters. The fourth-order valence-electron chi connectivity index (χ4n) is 3.74. The van der Waals surface area contributed by atoms with Gasteiger partial charge in [0.05, 0.1) is 0 Å². The van der Waals surface area contributed by atoms with Crippen LogP contribution in [0, 0.1) is 12.7 Å². The second-order valence-electron chi connectivity index (χ2n) is 7.68. The molecule has 1 aliphatic rings. The number of nitrogens with one attached hydrogen (secondary N) is 1. The number of carbonyl (C=O) groups excluding carboxylic acids is 1. The fourth-order valence-corrected chi connectivity index (χ4v) is 4.81. The lowest BCUT2D eigenvalue weighted by Crippen LogP contribution is -2.41. The molecule has 3 aromatic rings. The van der Waals surface area contributed by atoms with Gasteiger partial charge in [0.25, 0.3) is 5.56 Å². The third-order valence-electron chi connectivity index (χ3n) is 5.35. The van der Waals surface area contributed by atoms with Crippen LogP contribution in [0.2, 0.25) is 0 Å². The second kappa shape index (κ2) is 8.62. The van der Waals surface area contributed by atoms with E-state index in [0.717, 1.165) is 30.5 Å². The monoisotopic (exact) mass is 445 g/mol. The fraction of sp³-hybridized carbons (Fsp3) is 0.429. The van der Waals surface area contributed by atoms with Crippen LogP contribution in [0.4, 0.5) is 15.2 Å². The van der Waals surface area contributed by atoms with Gasteiger partial charge in [0.1, 0.15) is 17.1 Å². The summed E-state index contributed by atoms with van der Waals surface area (Å²) in [6, 6.07) is 4.12. The van der Waals surface area contributed by atoms with Crippen LogP contribution >= 0.6 is 11.3 Å². The molecule has 0 spiro atoms. The van der Waals surface area contributed by atoms with Crippen LogP contribution in [0.1, 0.15) is 31.7 Å². The Morgan fingerprint density at radius 1 is 1.23 bits per heavy atom. The maximum Gasteiger partial charge on any atom is 0.333 e. The van der Waals surface area contributed by atoms with E-state index in [0.29, 0.717) is 27.5 Å². The van der Waals surface area contributed by atoms with Crippen molar-refractivity contribution in [2.45, 2.75) is 46.2 Å². The Labute approximate surface area is 181 Å². The zero-order valence-electron chi connectivity index (χ0n) is 17.5. The summed E-state index contributed by atoms with van der Waals surface area (Å²) in [7, 11) is 0. The summed E-state index contributed by atoms with van der Waals surface area (Å²) in [4.78, 5) is 45.4. The molecule has 0 bridgehead atoms. The lowest BCUT2D eigenvalue weighted by molar-refractivity contribution is -0.116. The Balaban J connectivity index is 1.76. The molecular formula is C21H24FN5O3S. The van der Waals surface area contributed by atoms with Crippen LogP contribution in [0.25, 0.3) is 10.3 Å². The molecule has 1 aromatic carbocycles. The van der Waals surface area contributed by atoms with Crippen molar-refractivity contribution in [2.75, 3.05) is 23.3 Å². The molecule has 1 saturated heterocycles. The molecule has 164 valence electrons. The largest absolute Gasteiger partial charge is 0.348 e. The predicted octanol–water partition coefficient (Wildman–Crippen LogP) is 2.72. The molecule has 4 rings (SSSR count). The highest BCUT2D eigenvalue weighted by Crippen LogP contribution is 2.28. The van der Waals surface area contributed by atoms with Crippen LogP contribution in [0.15, 0.2) is 27.8 Å². The van der Waals surface area contributed by atoms with Gasteiger partial charge in [0.15, 0.2) is 10.8 Å². The number of nitrogens with zero attached hydrogens (tertiary/aromatic N) is 4. The topological polar surface area (TPSA) is 89.2 Å². The van der Waals surface area contributed by atoms with E-state index < -0.39 is 17.4 Å². The van der Waals surface area contributed by atoms with E-state index in [4.69, 9.17) is 0 Å². The van der Waals surface area contributed by atoms with Gasteiger partial charge in [0.2, 0.25) is 5.91 Å².